The topological polar surface area (TPSA) is 57.6 Å². The van der Waals surface area contributed by atoms with E-state index >= 15 is 0 Å². The van der Waals surface area contributed by atoms with Crippen LogP contribution < -0.4 is 4.90 Å². The average molecular weight is 555 g/mol. The van der Waals surface area contributed by atoms with Crippen molar-refractivity contribution in [1.29, 1.82) is 0 Å². The van der Waals surface area contributed by atoms with Crippen LogP contribution in [0.3, 0.4) is 0 Å². The lowest BCUT2D eigenvalue weighted by Gasteiger charge is -2.13. The van der Waals surface area contributed by atoms with Gasteiger partial charge in [-0.1, -0.05) is 0 Å². The van der Waals surface area contributed by atoms with Gasteiger partial charge >= 0.3 is 0 Å². The van der Waals surface area contributed by atoms with E-state index in [1.54, 1.807) is 0 Å². The predicted molar refractivity (Wildman–Crippen MR) is 96.5 cm³/mol. The van der Waals surface area contributed by atoms with Crippen molar-refractivity contribution in [2.75, 3.05) is 4.90 Å². The van der Waals surface area contributed by atoms with Gasteiger partial charge in [0.15, 0.2) is 0 Å². The number of amides is 2. The normalized spacial score (nSPS) is 13.7. The van der Waals surface area contributed by atoms with Gasteiger partial charge in [0.05, 0.1) is 16.8 Å². The number of phenols is 1. The first-order valence-electron chi connectivity index (χ1n) is 5.88. The fourth-order valence-corrected chi connectivity index (χ4v) is 4.64. The Bertz CT molecular complexity index is 786. The Morgan fingerprint density at radius 1 is 0.727 bits per heavy atom. The number of carbonyl (C=O) groups is 2. The maximum Gasteiger partial charge on any atom is 0.267 e. The van der Waals surface area contributed by atoms with Gasteiger partial charge in [-0.15, -0.1) is 0 Å². The zero-order valence-corrected chi connectivity index (χ0v) is 16.9. The van der Waals surface area contributed by atoms with Gasteiger partial charge in [-0.25, -0.2) is 4.90 Å². The zero-order valence-electron chi connectivity index (χ0n) is 10.5. The number of hydrogen-bond acceptors (Lipinski definition) is 3. The Labute approximate surface area is 159 Å². The first-order valence-corrected chi connectivity index (χ1v) is 9.05. The Kier molecular flexibility index (Phi) is 4.22. The van der Waals surface area contributed by atoms with E-state index < -0.39 is 11.8 Å². The molecule has 2 aromatic rings. The lowest BCUT2D eigenvalue weighted by molar-refractivity contribution is 0.0925. The second-order valence-corrected chi connectivity index (χ2v) is 7.64. The molecule has 0 fully saturated rings. The molecule has 22 heavy (non-hydrogen) atoms. The molecule has 0 saturated heterocycles. The summed E-state index contributed by atoms with van der Waals surface area (Å²) in [4.78, 5) is 26.5. The molecule has 0 aromatic heterocycles. The molecule has 2 aromatic carbocycles. The minimum Gasteiger partial charge on any atom is -0.508 e. The highest BCUT2D eigenvalue weighted by Crippen LogP contribution is 2.46. The van der Waals surface area contributed by atoms with Crippen molar-refractivity contribution >= 4 is 81.2 Å². The predicted octanol–water partition coefficient (Wildman–Crippen LogP) is 5.24. The van der Waals surface area contributed by atoms with Crippen LogP contribution in [0, 0.1) is 0 Å². The van der Waals surface area contributed by atoms with Crippen LogP contribution in [0.2, 0.25) is 0 Å². The quantitative estimate of drug-likeness (QED) is 0.298. The molecular formula is C14H5Br4NO3. The minimum absolute atomic E-state index is 0.0632. The van der Waals surface area contributed by atoms with Crippen molar-refractivity contribution in [3.05, 3.63) is 53.3 Å². The van der Waals surface area contributed by atoms with Gasteiger partial charge in [0, 0.05) is 17.9 Å². The summed E-state index contributed by atoms with van der Waals surface area (Å²) in [6, 6.07) is 5.88. The second-order valence-electron chi connectivity index (χ2n) is 4.47. The lowest BCUT2D eigenvalue weighted by Crippen LogP contribution is -2.29. The Morgan fingerprint density at radius 2 is 1.14 bits per heavy atom. The third kappa shape index (κ3) is 2.28. The maximum atomic E-state index is 12.7. The molecule has 2 amide bonds. The third-order valence-electron chi connectivity index (χ3n) is 3.21. The van der Waals surface area contributed by atoms with Gasteiger partial charge in [0.1, 0.15) is 5.75 Å². The van der Waals surface area contributed by atoms with E-state index in [-0.39, 0.29) is 5.75 Å². The number of benzene rings is 2. The van der Waals surface area contributed by atoms with E-state index in [4.69, 9.17) is 0 Å². The van der Waals surface area contributed by atoms with Gasteiger partial charge in [0.25, 0.3) is 11.8 Å². The highest BCUT2D eigenvalue weighted by Gasteiger charge is 2.41. The van der Waals surface area contributed by atoms with Gasteiger partial charge < -0.3 is 5.11 Å². The van der Waals surface area contributed by atoms with E-state index in [1.807, 2.05) is 0 Å². The van der Waals surface area contributed by atoms with Crippen molar-refractivity contribution in [3.63, 3.8) is 0 Å². The number of fused-ring (bicyclic) bond motifs is 1. The molecule has 0 saturated carbocycles. The molecule has 0 radical (unpaired) electrons. The van der Waals surface area contributed by atoms with Crippen LogP contribution in [0.15, 0.2) is 42.2 Å². The molecule has 1 aliphatic rings. The maximum absolute atomic E-state index is 12.7. The van der Waals surface area contributed by atoms with Crippen LogP contribution >= 0.6 is 63.7 Å². The molecule has 1 heterocycles. The molecule has 8 heteroatoms. The van der Waals surface area contributed by atoms with E-state index in [0.29, 0.717) is 34.7 Å². The number of rotatable bonds is 1. The Hall–Kier alpha value is -0.700. The molecule has 0 spiro atoms. The van der Waals surface area contributed by atoms with Crippen LogP contribution in [0.25, 0.3) is 0 Å². The summed E-state index contributed by atoms with van der Waals surface area (Å²) in [6.45, 7) is 0. The molecule has 3 rings (SSSR count). The first kappa shape index (κ1) is 16.2. The highest BCUT2D eigenvalue weighted by atomic mass is 79.9. The van der Waals surface area contributed by atoms with E-state index in [9.17, 15) is 14.7 Å². The summed E-state index contributed by atoms with van der Waals surface area (Å²) < 4.78 is 2.31. The van der Waals surface area contributed by atoms with Crippen LogP contribution in [-0.2, 0) is 0 Å². The number of carbonyl (C=O) groups excluding carboxylic acids is 2. The van der Waals surface area contributed by atoms with Crippen molar-refractivity contribution in [3.8, 4) is 5.75 Å². The van der Waals surface area contributed by atoms with Gasteiger partial charge in [-0.3, -0.25) is 9.59 Å². The van der Waals surface area contributed by atoms with Crippen LogP contribution in [0.5, 0.6) is 5.75 Å². The largest absolute Gasteiger partial charge is 0.508 e. The number of anilines is 1. The summed E-state index contributed by atoms with van der Waals surface area (Å²) in [6.07, 6.45) is 0. The number of aromatic hydroxyl groups is 1. The fraction of sp³-hybridized carbons (Fsp3) is 0. The Balaban J connectivity index is 2.23. The van der Waals surface area contributed by atoms with E-state index in [0.717, 1.165) is 4.90 Å². The molecule has 0 unspecified atom stereocenters. The molecule has 0 bridgehead atoms. The van der Waals surface area contributed by atoms with Crippen molar-refractivity contribution in [2.24, 2.45) is 0 Å². The molecule has 1 N–H and O–H groups in total. The SMILES string of the molecule is O=C1c2c(Br)c(Br)c(Br)c(Br)c2C(=O)N1c1ccc(O)cc1. The summed E-state index contributed by atoms with van der Waals surface area (Å²) in [5.41, 5.74) is 0.982. The van der Waals surface area contributed by atoms with Crippen LogP contribution in [0.1, 0.15) is 20.7 Å². The smallest absolute Gasteiger partial charge is 0.267 e. The van der Waals surface area contributed by atoms with Gasteiger partial charge in [-0.05, 0) is 88.0 Å². The standard InChI is InChI=1S/C14H5Br4NO3/c15-9-7-8(10(16)12(18)11(9)17)14(22)19(13(7)21)5-1-3-6(20)4-2-5/h1-4,20H. The van der Waals surface area contributed by atoms with Crippen LogP contribution in [0.4, 0.5) is 5.69 Å². The molecular weight excluding hydrogens is 550 g/mol. The Morgan fingerprint density at radius 3 is 1.55 bits per heavy atom. The van der Waals surface area contributed by atoms with Crippen molar-refractivity contribution < 1.29 is 14.7 Å². The zero-order chi connectivity index (χ0) is 16.2. The van der Waals surface area contributed by atoms with Gasteiger partial charge in [-0.2, -0.15) is 0 Å². The monoisotopic (exact) mass is 551 g/mol. The lowest BCUT2D eigenvalue weighted by atomic mass is 10.1. The summed E-state index contributed by atoms with van der Waals surface area (Å²) in [5.74, 6) is -0.786. The second kappa shape index (κ2) is 5.74. The molecule has 0 aliphatic carbocycles. The van der Waals surface area contributed by atoms with Crippen LogP contribution in [-0.4, -0.2) is 16.9 Å². The number of hydrogen-bond donors (Lipinski definition) is 1. The summed E-state index contributed by atoms with van der Waals surface area (Å²) in [5, 5.41) is 9.35. The summed E-state index contributed by atoms with van der Waals surface area (Å²) >= 11 is 13.5. The summed E-state index contributed by atoms with van der Waals surface area (Å²) in [7, 11) is 0. The molecule has 4 nitrogen and oxygen atoms in total. The first-order chi connectivity index (χ1) is 10.3. The van der Waals surface area contributed by atoms with Gasteiger partial charge in [0.2, 0.25) is 0 Å². The highest BCUT2D eigenvalue weighted by molar-refractivity contribution is 9.15. The number of phenolic OH excluding ortho intramolecular Hbond substituents is 1. The molecule has 1 aliphatic heterocycles. The average Bonchev–Trinajstić information content (AvgIpc) is 2.75. The number of halogens is 4. The molecule has 112 valence electrons. The fourth-order valence-electron chi connectivity index (χ4n) is 2.19. The van der Waals surface area contributed by atoms with E-state index in [2.05, 4.69) is 63.7 Å². The number of nitrogens with zero attached hydrogens (tertiary/aromatic N) is 1. The number of imide groups is 1. The van der Waals surface area contributed by atoms with Crippen molar-refractivity contribution in [1.82, 2.24) is 0 Å². The molecule has 0 atom stereocenters. The minimum atomic E-state index is -0.425. The van der Waals surface area contributed by atoms with Crippen molar-refractivity contribution in [2.45, 2.75) is 0 Å². The third-order valence-corrected chi connectivity index (χ3v) is 7.98. The van der Waals surface area contributed by atoms with E-state index in [1.165, 1.54) is 24.3 Å².